The van der Waals surface area contributed by atoms with Crippen LogP contribution in [0.3, 0.4) is 0 Å². The number of carbonyl (C=O) groups is 2. The van der Waals surface area contributed by atoms with E-state index in [0.717, 1.165) is 39.7 Å². The van der Waals surface area contributed by atoms with Crippen molar-refractivity contribution in [2.75, 3.05) is 18.0 Å². The summed E-state index contributed by atoms with van der Waals surface area (Å²) >= 11 is 0. The smallest absolute Gasteiger partial charge is 0.407 e. The second kappa shape index (κ2) is 10.7. The van der Waals surface area contributed by atoms with Gasteiger partial charge in [0.05, 0.1) is 6.04 Å². The molecule has 2 heterocycles. The van der Waals surface area contributed by atoms with Gasteiger partial charge in [-0.25, -0.2) is 4.79 Å². The molecule has 2 atom stereocenters. The van der Waals surface area contributed by atoms with Gasteiger partial charge in [-0.3, -0.25) is 4.79 Å². The molecule has 5 rings (SSSR count). The number of benzene rings is 3. The Morgan fingerprint density at radius 2 is 1.78 bits per heavy atom. The van der Waals surface area contributed by atoms with Crippen LogP contribution in [0.1, 0.15) is 16.7 Å². The zero-order valence-corrected chi connectivity index (χ0v) is 20.0. The van der Waals surface area contributed by atoms with Gasteiger partial charge in [0.2, 0.25) is 5.91 Å². The monoisotopic (exact) mass is 482 g/mol. The number of anilines is 1. The molecular weight excluding hydrogens is 452 g/mol. The van der Waals surface area contributed by atoms with E-state index in [1.807, 2.05) is 85.1 Å². The minimum absolute atomic E-state index is 0.0495. The van der Waals surface area contributed by atoms with Gasteiger partial charge in [0.15, 0.2) is 0 Å². The maximum Gasteiger partial charge on any atom is 0.407 e. The SMILES string of the molecule is N[C@H](Cc1c[nH]c2ccccc12)C(=O)N1CC(CNC(=O)OCc2ccccc2)Cc2ccccc21. The minimum atomic E-state index is -0.681. The van der Waals surface area contributed by atoms with Crippen LogP contribution in [0.2, 0.25) is 0 Å². The molecule has 0 fully saturated rings. The Hall–Kier alpha value is -4.10. The number of alkyl carbamates (subject to hydrolysis) is 1. The molecule has 1 aromatic heterocycles. The Morgan fingerprint density at radius 1 is 1.03 bits per heavy atom. The molecule has 184 valence electrons. The van der Waals surface area contributed by atoms with Gasteiger partial charge in [0.25, 0.3) is 0 Å². The number of amides is 2. The molecule has 0 saturated carbocycles. The van der Waals surface area contributed by atoms with Crippen LogP contribution in [0.4, 0.5) is 10.5 Å². The van der Waals surface area contributed by atoms with Gasteiger partial charge in [-0.05, 0) is 47.6 Å². The van der Waals surface area contributed by atoms with Crippen LogP contribution in [0.15, 0.2) is 85.1 Å². The molecule has 0 spiro atoms. The lowest BCUT2D eigenvalue weighted by Gasteiger charge is -2.36. The highest BCUT2D eigenvalue weighted by molar-refractivity contribution is 5.98. The minimum Gasteiger partial charge on any atom is -0.445 e. The van der Waals surface area contributed by atoms with Crippen molar-refractivity contribution in [3.8, 4) is 0 Å². The van der Waals surface area contributed by atoms with E-state index < -0.39 is 12.1 Å². The van der Waals surface area contributed by atoms with E-state index in [1.54, 1.807) is 4.90 Å². The third-order valence-corrected chi connectivity index (χ3v) is 6.68. The molecule has 3 aromatic carbocycles. The second-order valence-electron chi connectivity index (χ2n) is 9.26. The number of fused-ring (bicyclic) bond motifs is 2. The van der Waals surface area contributed by atoms with E-state index in [0.29, 0.717) is 19.5 Å². The summed E-state index contributed by atoms with van der Waals surface area (Å²) in [5.41, 5.74) is 11.4. The molecule has 0 bridgehead atoms. The Balaban J connectivity index is 1.23. The van der Waals surface area contributed by atoms with Crippen molar-refractivity contribution in [1.29, 1.82) is 0 Å². The average Bonchev–Trinajstić information content (AvgIpc) is 3.33. The topological polar surface area (TPSA) is 100 Å². The number of nitrogens with one attached hydrogen (secondary N) is 2. The highest BCUT2D eigenvalue weighted by atomic mass is 16.5. The first-order valence-corrected chi connectivity index (χ1v) is 12.2. The van der Waals surface area contributed by atoms with Crippen molar-refractivity contribution in [2.45, 2.75) is 25.5 Å². The largest absolute Gasteiger partial charge is 0.445 e. The normalized spacial score (nSPS) is 15.8. The van der Waals surface area contributed by atoms with Crippen LogP contribution in [0.25, 0.3) is 10.9 Å². The Morgan fingerprint density at radius 3 is 2.64 bits per heavy atom. The van der Waals surface area contributed by atoms with Gasteiger partial charge < -0.3 is 25.7 Å². The van der Waals surface area contributed by atoms with E-state index >= 15 is 0 Å². The number of rotatable bonds is 7. The van der Waals surface area contributed by atoms with Gasteiger partial charge >= 0.3 is 6.09 Å². The molecule has 0 aliphatic carbocycles. The lowest BCUT2D eigenvalue weighted by Crippen LogP contribution is -2.50. The van der Waals surface area contributed by atoms with E-state index in [-0.39, 0.29) is 18.4 Å². The summed E-state index contributed by atoms with van der Waals surface area (Å²) in [5, 5.41) is 3.94. The predicted octanol–water partition coefficient (Wildman–Crippen LogP) is 4.17. The fourth-order valence-corrected chi connectivity index (χ4v) is 4.85. The van der Waals surface area contributed by atoms with Gasteiger partial charge in [0.1, 0.15) is 6.61 Å². The quantitative estimate of drug-likeness (QED) is 0.368. The van der Waals surface area contributed by atoms with Crippen LogP contribution in [0, 0.1) is 5.92 Å². The molecule has 2 amide bonds. The standard InChI is InChI=1S/C29H30N4O3/c30-25(15-23-17-31-26-12-6-5-11-24(23)26)28(34)33-18-21(14-22-10-4-7-13-27(22)33)16-32-29(35)36-19-20-8-2-1-3-9-20/h1-13,17,21,25,31H,14-16,18-19,30H2,(H,32,35)/t21?,25-/m1/s1. The van der Waals surface area contributed by atoms with Crippen molar-refractivity contribution < 1.29 is 14.3 Å². The number of nitrogens with two attached hydrogens (primary N) is 1. The number of aromatic amines is 1. The van der Waals surface area contributed by atoms with Crippen molar-refractivity contribution in [1.82, 2.24) is 10.3 Å². The van der Waals surface area contributed by atoms with Gasteiger partial charge in [-0.2, -0.15) is 0 Å². The number of aromatic nitrogens is 1. The molecule has 7 nitrogen and oxygen atoms in total. The van der Waals surface area contributed by atoms with Gasteiger partial charge in [-0.15, -0.1) is 0 Å². The summed E-state index contributed by atoms with van der Waals surface area (Å²) in [7, 11) is 0. The summed E-state index contributed by atoms with van der Waals surface area (Å²) in [4.78, 5) is 30.8. The molecule has 1 unspecified atom stereocenters. The van der Waals surface area contributed by atoms with E-state index in [1.165, 1.54) is 0 Å². The molecule has 0 radical (unpaired) electrons. The number of para-hydroxylation sites is 2. The number of carbonyl (C=O) groups excluding carboxylic acids is 2. The maximum absolute atomic E-state index is 13.5. The van der Waals surface area contributed by atoms with Crippen molar-refractivity contribution >= 4 is 28.6 Å². The average molecular weight is 483 g/mol. The highest BCUT2D eigenvalue weighted by Crippen LogP contribution is 2.30. The highest BCUT2D eigenvalue weighted by Gasteiger charge is 2.31. The van der Waals surface area contributed by atoms with Crippen molar-refractivity contribution in [3.05, 3.63) is 102 Å². The third kappa shape index (κ3) is 5.26. The third-order valence-electron chi connectivity index (χ3n) is 6.68. The summed E-state index contributed by atoms with van der Waals surface area (Å²) in [6.45, 7) is 1.10. The molecule has 4 aromatic rings. The maximum atomic E-state index is 13.5. The van der Waals surface area contributed by atoms with Crippen LogP contribution in [-0.2, 0) is 29.0 Å². The van der Waals surface area contributed by atoms with Gasteiger partial charge in [0, 0.05) is 35.9 Å². The van der Waals surface area contributed by atoms with Crippen molar-refractivity contribution in [2.24, 2.45) is 11.7 Å². The Bertz CT molecular complexity index is 1350. The molecular formula is C29H30N4O3. The van der Waals surface area contributed by atoms with Gasteiger partial charge in [-0.1, -0.05) is 66.7 Å². The van der Waals surface area contributed by atoms with Crippen LogP contribution in [0.5, 0.6) is 0 Å². The fraction of sp³-hybridized carbons (Fsp3) is 0.241. The Kier molecular flexibility index (Phi) is 7.00. The number of hydrogen-bond acceptors (Lipinski definition) is 4. The molecule has 4 N–H and O–H groups in total. The van der Waals surface area contributed by atoms with E-state index in [4.69, 9.17) is 10.5 Å². The number of hydrogen-bond donors (Lipinski definition) is 3. The number of ether oxygens (including phenoxy) is 1. The summed E-state index contributed by atoms with van der Waals surface area (Å²) < 4.78 is 5.34. The zero-order chi connectivity index (χ0) is 24.9. The fourth-order valence-electron chi connectivity index (χ4n) is 4.85. The number of H-pyrrole nitrogens is 1. The second-order valence-corrected chi connectivity index (χ2v) is 9.26. The van der Waals surface area contributed by atoms with E-state index in [2.05, 4.69) is 10.3 Å². The summed E-state index contributed by atoms with van der Waals surface area (Å²) in [5.74, 6) is -0.0718. The lowest BCUT2D eigenvalue weighted by atomic mass is 9.91. The van der Waals surface area contributed by atoms with Crippen molar-refractivity contribution in [3.63, 3.8) is 0 Å². The first-order valence-electron chi connectivity index (χ1n) is 12.2. The molecule has 7 heteroatoms. The molecule has 1 aliphatic heterocycles. The molecule has 1 aliphatic rings. The zero-order valence-electron chi connectivity index (χ0n) is 20.0. The lowest BCUT2D eigenvalue weighted by molar-refractivity contribution is -0.120. The molecule has 36 heavy (non-hydrogen) atoms. The molecule has 0 saturated heterocycles. The first kappa shape index (κ1) is 23.6. The predicted molar refractivity (Wildman–Crippen MR) is 141 cm³/mol. The first-order chi connectivity index (χ1) is 17.6. The summed E-state index contributed by atoms with van der Waals surface area (Å²) in [6, 6.07) is 24.8. The summed E-state index contributed by atoms with van der Waals surface area (Å²) in [6.07, 6.45) is 2.66. The van der Waals surface area contributed by atoms with Crippen LogP contribution < -0.4 is 16.0 Å². The van der Waals surface area contributed by atoms with Crippen LogP contribution >= 0.6 is 0 Å². The number of nitrogens with zero attached hydrogens (tertiary/aromatic N) is 1. The van der Waals surface area contributed by atoms with Crippen LogP contribution in [-0.4, -0.2) is 36.1 Å². The Labute approximate surface area is 210 Å². The van der Waals surface area contributed by atoms with E-state index in [9.17, 15) is 9.59 Å².